The standard InChI is InChI=1S/C16H17N3O2/c1-12(9-19-7-6-17-11-19)18-16(20)14-8-13-4-2-3-5-15(13)21-10-14/h2-8,11-12H,9-10H2,1H3,(H,18,20)/t12-/m0/s1. The summed E-state index contributed by atoms with van der Waals surface area (Å²) >= 11 is 0. The molecule has 1 aromatic heterocycles. The molecule has 21 heavy (non-hydrogen) atoms. The van der Waals surface area contributed by atoms with Gasteiger partial charge >= 0.3 is 0 Å². The highest BCUT2D eigenvalue weighted by Crippen LogP contribution is 2.25. The molecule has 1 amide bonds. The number of aromatic nitrogens is 2. The van der Waals surface area contributed by atoms with Gasteiger partial charge in [-0.15, -0.1) is 0 Å². The summed E-state index contributed by atoms with van der Waals surface area (Å²) in [5, 5.41) is 2.98. The summed E-state index contributed by atoms with van der Waals surface area (Å²) in [4.78, 5) is 16.3. The van der Waals surface area contributed by atoms with Crippen molar-refractivity contribution in [1.29, 1.82) is 0 Å². The van der Waals surface area contributed by atoms with Crippen LogP contribution in [0.4, 0.5) is 0 Å². The lowest BCUT2D eigenvalue weighted by Gasteiger charge is -2.20. The first kappa shape index (κ1) is 13.4. The Kier molecular flexibility index (Phi) is 3.73. The first-order chi connectivity index (χ1) is 10.2. The highest BCUT2D eigenvalue weighted by atomic mass is 16.5. The lowest BCUT2D eigenvalue weighted by atomic mass is 10.1. The summed E-state index contributed by atoms with van der Waals surface area (Å²) in [7, 11) is 0. The molecular formula is C16H17N3O2. The van der Waals surface area contributed by atoms with Gasteiger partial charge in [0.25, 0.3) is 5.91 Å². The average molecular weight is 283 g/mol. The number of hydrogen-bond acceptors (Lipinski definition) is 3. The predicted molar refractivity (Wildman–Crippen MR) is 79.7 cm³/mol. The zero-order valence-corrected chi connectivity index (χ0v) is 11.8. The molecule has 1 aliphatic heterocycles. The van der Waals surface area contributed by atoms with Crippen molar-refractivity contribution in [3.8, 4) is 5.75 Å². The van der Waals surface area contributed by atoms with Crippen molar-refractivity contribution in [3.05, 3.63) is 54.1 Å². The van der Waals surface area contributed by atoms with E-state index in [9.17, 15) is 4.79 Å². The Morgan fingerprint density at radius 3 is 3.14 bits per heavy atom. The van der Waals surface area contributed by atoms with Crippen LogP contribution in [0.5, 0.6) is 5.75 Å². The van der Waals surface area contributed by atoms with Gasteiger partial charge in [0, 0.05) is 30.5 Å². The SMILES string of the molecule is C[C@@H](Cn1ccnc1)NC(=O)C1=Cc2ccccc2OC1. The number of benzene rings is 1. The van der Waals surface area contributed by atoms with Crippen LogP contribution in [-0.2, 0) is 11.3 Å². The molecule has 0 fully saturated rings. The molecule has 5 nitrogen and oxygen atoms in total. The number of carbonyl (C=O) groups excluding carboxylic acids is 1. The molecule has 0 saturated heterocycles. The minimum absolute atomic E-state index is 0.0183. The molecule has 0 radical (unpaired) electrons. The molecule has 1 aliphatic rings. The Morgan fingerprint density at radius 2 is 2.33 bits per heavy atom. The van der Waals surface area contributed by atoms with Crippen LogP contribution in [0.25, 0.3) is 6.08 Å². The number of nitrogens with one attached hydrogen (secondary N) is 1. The molecule has 0 aliphatic carbocycles. The second-order valence-corrected chi connectivity index (χ2v) is 5.13. The van der Waals surface area contributed by atoms with Gasteiger partial charge in [-0.1, -0.05) is 18.2 Å². The number of rotatable bonds is 4. The zero-order chi connectivity index (χ0) is 14.7. The number of amides is 1. The Labute approximate surface area is 123 Å². The number of carbonyl (C=O) groups is 1. The fourth-order valence-corrected chi connectivity index (χ4v) is 2.32. The molecule has 2 heterocycles. The molecule has 5 heteroatoms. The largest absolute Gasteiger partial charge is 0.488 e. The second kappa shape index (κ2) is 5.83. The summed E-state index contributed by atoms with van der Waals surface area (Å²) in [6.45, 7) is 2.97. The maximum atomic E-state index is 12.3. The van der Waals surface area contributed by atoms with Crippen molar-refractivity contribution >= 4 is 12.0 Å². The van der Waals surface area contributed by atoms with E-state index in [2.05, 4.69) is 10.3 Å². The van der Waals surface area contributed by atoms with Crippen LogP contribution in [0, 0.1) is 0 Å². The maximum absolute atomic E-state index is 12.3. The van der Waals surface area contributed by atoms with Crippen molar-refractivity contribution in [2.24, 2.45) is 0 Å². The van der Waals surface area contributed by atoms with Gasteiger partial charge in [-0.2, -0.15) is 0 Å². The van der Waals surface area contributed by atoms with Gasteiger partial charge in [0.1, 0.15) is 12.4 Å². The Hall–Kier alpha value is -2.56. The summed E-state index contributed by atoms with van der Waals surface area (Å²) in [6.07, 6.45) is 7.23. The zero-order valence-electron chi connectivity index (χ0n) is 11.8. The molecule has 0 spiro atoms. The van der Waals surface area contributed by atoms with Crippen molar-refractivity contribution in [3.63, 3.8) is 0 Å². The van der Waals surface area contributed by atoms with Gasteiger partial charge < -0.3 is 14.6 Å². The molecule has 3 rings (SSSR count). The van der Waals surface area contributed by atoms with Crippen LogP contribution in [0.15, 0.2) is 48.6 Å². The number of fused-ring (bicyclic) bond motifs is 1. The summed E-state index contributed by atoms with van der Waals surface area (Å²) < 4.78 is 7.54. The first-order valence-corrected chi connectivity index (χ1v) is 6.91. The monoisotopic (exact) mass is 283 g/mol. The third kappa shape index (κ3) is 3.13. The van der Waals surface area contributed by atoms with Crippen molar-refractivity contribution in [1.82, 2.24) is 14.9 Å². The smallest absolute Gasteiger partial charge is 0.250 e. The molecule has 0 bridgehead atoms. The lowest BCUT2D eigenvalue weighted by Crippen LogP contribution is -2.37. The van der Waals surface area contributed by atoms with E-state index in [1.807, 2.05) is 48.0 Å². The minimum Gasteiger partial charge on any atom is -0.488 e. The van der Waals surface area contributed by atoms with E-state index in [1.54, 1.807) is 12.5 Å². The fourth-order valence-electron chi connectivity index (χ4n) is 2.32. The predicted octanol–water partition coefficient (Wildman–Crippen LogP) is 1.86. The van der Waals surface area contributed by atoms with Gasteiger partial charge in [0.2, 0.25) is 0 Å². The van der Waals surface area contributed by atoms with E-state index >= 15 is 0 Å². The van der Waals surface area contributed by atoms with Crippen LogP contribution in [0.1, 0.15) is 12.5 Å². The van der Waals surface area contributed by atoms with Gasteiger partial charge in [0.05, 0.1) is 11.9 Å². The Morgan fingerprint density at radius 1 is 1.48 bits per heavy atom. The van der Waals surface area contributed by atoms with Crippen LogP contribution in [-0.4, -0.2) is 28.1 Å². The first-order valence-electron chi connectivity index (χ1n) is 6.91. The van der Waals surface area contributed by atoms with E-state index in [1.165, 1.54) is 0 Å². The minimum atomic E-state index is -0.0860. The number of nitrogens with zero attached hydrogens (tertiary/aromatic N) is 2. The highest BCUT2D eigenvalue weighted by molar-refractivity contribution is 5.99. The molecule has 108 valence electrons. The summed E-state index contributed by atoms with van der Waals surface area (Å²) in [6, 6.07) is 7.72. The molecule has 1 aromatic carbocycles. The molecule has 2 aromatic rings. The van der Waals surface area contributed by atoms with Crippen LogP contribution < -0.4 is 10.1 Å². The molecule has 1 N–H and O–H groups in total. The molecule has 1 atom stereocenters. The molecule has 0 saturated carbocycles. The van der Waals surface area contributed by atoms with Gasteiger partial charge in [-0.3, -0.25) is 4.79 Å². The van der Waals surface area contributed by atoms with E-state index in [0.29, 0.717) is 18.7 Å². The van der Waals surface area contributed by atoms with Crippen molar-refractivity contribution in [2.75, 3.05) is 6.61 Å². The van der Waals surface area contributed by atoms with Crippen molar-refractivity contribution < 1.29 is 9.53 Å². The average Bonchev–Trinajstić information content (AvgIpc) is 2.99. The second-order valence-electron chi connectivity index (χ2n) is 5.13. The number of ether oxygens (including phenoxy) is 1. The molecule has 0 unspecified atom stereocenters. The van der Waals surface area contributed by atoms with Gasteiger partial charge in [0.15, 0.2) is 0 Å². The summed E-state index contributed by atoms with van der Waals surface area (Å²) in [5.74, 6) is 0.734. The van der Waals surface area contributed by atoms with E-state index < -0.39 is 0 Å². The topological polar surface area (TPSA) is 56.2 Å². The lowest BCUT2D eigenvalue weighted by molar-refractivity contribution is -0.118. The Bertz CT molecular complexity index is 662. The van der Waals surface area contributed by atoms with Crippen LogP contribution in [0.3, 0.4) is 0 Å². The maximum Gasteiger partial charge on any atom is 0.250 e. The fraction of sp³-hybridized carbons (Fsp3) is 0.250. The van der Waals surface area contributed by atoms with Crippen LogP contribution >= 0.6 is 0 Å². The van der Waals surface area contributed by atoms with E-state index in [0.717, 1.165) is 11.3 Å². The number of imidazole rings is 1. The van der Waals surface area contributed by atoms with Crippen LogP contribution in [0.2, 0.25) is 0 Å². The number of hydrogen-bond donors (Lipinski definition) is 1. The normalized spacial score (nSPS) is 14.6. The Balaban J connectivity index is 1.65. The third-order valence-electron chi connectivity index (χ3n) is 3.34. The van der Waals surface area contributed by atoms with E-state index in [4.69, 9.17) is 4.74 Å². The quantitative estimate of drug-likeness (QED) is 0.932. The van der Waals surface area contributed by atoms with E-state index in [-0.39, 0.29) is 11.9 Å². The number of para-hydroxylation sites is 1. The van der Waals surface area contributed by atoms with Gasteiger partial charge in [-0.05, 0) is 19.1 Å². The summed E-state index contributed by atoms with van der Waals surface area (Å²) in [5.41, 5.74) is 1.59. The highest BCUT2D eigenvalue weighted by Gasteiger charge is 2.18. The van der Waals surface area contributed by atoms with Gasteiger partial charge in [-0.25, -0.2) is 4.98 Å². The third-order valence-corrected chi connectivity index (χ3v) is 3.34. The molecular weight excluding hydrogens is 266 g/mol. The van der Waals surface area contributed by atoms with Crippen molar-refractivity contribution in [2.45, 2.75) is 19.5 Å².